The summed E-state index contributed by atoms with van der Waals surface area (Å²) in [6, 6.07) is 0. The van der Waals surface area contributed by atoms with Gasteiger partial charge >= 0.3 is 0 Å². The van der Waals surface area contributed by atoms with E-state index in [0.717, 1.165) is 23.7 Å². The Morgan fingerprint density at radius 1 is 1.29 bits per heavy atom. The van der Waals surface area contributed by atoms with Crippen molar-refractivity contribution in [1.29, 1.82) is 0 Å². The van der Waals surface area contributed by atoms with Gasteiger partial charge in [0.15, 0.2) is 0 Å². The highest BCUT2D eigenvalue weighted by molar-refractivity contribution is 7.09. The Kier molecular flexibility index (Phi) is 10.7. The molecule has 1 atom stereocenters. The molecular formula is C16H30N2O2S. The molecule has 1 aromatic rings. The number of aromatic nitrogens is 1. The molecule has 21 heavy (non-hydrogen) atoms. The number of ether oxygens (including phenoxy) is 1. The summed E-state index contributed by atoms with van der Waals surface area (Å²) >= 11 is 1.65. The topological polar surface area (TPSA) is 54.4 Å². The van der Waals surface area contributed by atoms with E-state index < -0.39 is 6.10 Å². The number of hydrogen-bond acceptors (Lipinski definition) is 5. The third kappa shape index (κ3) is 9.96. The molecule has 1 heterocycles. The molecular weight excluding hydrogens is 284 g/mol. The Hall–Kier alpha value is -0.490. The summed E-state index contributed by atoms with van der Waals surface area (Å²) in [5.74, 6) is 0. The number of aliphatic hydroxyl groups is 1. The molecule has 0 radical (unpaired) electrons. The number of hydrogen-bond donors (Lipinski definition) is 2. The molecule has 5 heteroatoms. The zero-order valence-corrected chi connectivity index (χ0v) is 14.3. The molecule has 122 valence electrons. The Morgan fingerprint density at radius 2 is 2.05 bits per heavy atom. The zero-order valence-electron chi connectivity index (χ0n) is 13.4. The smallest absolute Gasteiger partial charge is 0.0897 e. The van der Waals surface area contributed by atoms with Gasteiger partial charge in [0.1, 0.15) is 0 Å². The molecule has 0 amide bonds. The van der Waals surface area contributed by atoms with Crippen molar-refractivity contribution in [3.63, 3.8) is 0 Å². The van der Waals surface area contributed by atoms with Gasteiger partial charge in [0.05, 0.1) is 23.4 Å². The van der Waals surface area contributed by atoms with Crippen LogP contribution in [0.4, 0.5) is 0 Å². The third-order valence-electron chi connectivity index (χ3n) is 3.31. The molecule has 0 aromatic carbocycles. The van der Waals surface area contributed by atoms with Gasteiger partial charge in [-0.25, -0.2) is 4.98 Å². The van der Waals surface area contributed by atoms with Crippen LogP contribution in [-0.4, -0.2) is 36.0 Å². The Morgan fingerprint density at radius 3 is 2.76 bits per heavy atom. The first kappa shape index (κ1) is 18.6. The summed E-state index contributed by atoms with van der Waals surface area (Å²) in [5.41, 5.74) is 1.04. The Bertz CT molecular complexity index is 358. The minimum absolute atomic E-state index is 0.415. The second-order valence-corrected chi connectivity index (χ2v) is 6.55. The van der Waals surface area contributed by atoms with Gasteiger partial charge in [0, 0.05) is 25.1 Å². The third-order valence-corrected chi connectivity index (χ3v) is 4.13. The number of aliphatic hydroxyl groups excluding tert-OH is 1. The van der Waals surface area contributed by atoms with Gasteiger partial charge in [-0.3, -0.25) is 0 Å². The van der Waals surface area contributed by atoms with Crippen LogP contribution in [0.15, 0.2) is 5.38 Å². The quantitative estimate of drug-likeness (QED) is 0.549. The van der Waals surface area contributed by atoms with Crippen LogP contribution in [0.2, 0.25) is 0 Å². The maximum absolute atomic E-state index is 9.80. The standard InChI is InChI=1S/C16H30N2O2S/c1-3-4-5-6-7-8-9-20-12-16(19)11-17-10-15-13-21-14(2)18-15/h13,16-17,19H,3-12H2,1-2H3. The van der Waals surface area contributed by atoms with Gasteiger partial charge in [-0.2, -0.15) is 0 Å². The lowest BCUT2D eigenvalue weighted by molar-refractivity contribution is 0.0353. The van der Waals surface area contributed by atoms with Crippen molar-refractivity contribution in [2.45, 2.75) is 65.0 Å². The largest absolute Gasteiger partial charge is 0.389 e. The van der Waals surface area contributed by atoms with Crippen molar-refractivity contribution in [2.75, 3.05) is 19.8 Å². The van der Waals surface area contributed by atoms with E-state index in [1.54, 1.807) is 11.3 Å². The monoisotopic (exact) mass is 314 g/mol. The predicted octanol–water partition coefficient (Wildman–Crippen LogP) is 3.28. The van der Waals surface area contributed by atoms with Gasteiger partial charge in [-0.15, -0.1) is 11.3 Å². The summed E-state index contributed by atoms with van der Waals surface area (Å²) in [6.45, 7) is 6.66. The fraction of sp³-hybridized carbons (Fsp3) is 0.812. The molecule has 0 aliphatic carbocycles. The average Bonchev–Trinajstić information content (AvgIpc) is 2.87. The second-order valence-electron chi connectivity index (χ2n) is 5.49. The van der Waals surface area contributed by atoms with Crippen molar-refractivity contribution >= 4 is 11.3 Å². The minimum atomic E-state index is -0.440. The van der Waals surface area contributed by atoms with E-state index in [9.17, 15) is 5.11 Å². The molecule has 4 nitrogen and oxygen atoms in total. The van der Waals surface area contributed by atoms with Crippen LogP contribution in [0.1, 0.15) is 56.2 Å². The molecule has 0 saturated heterocycles. The molecule has 0 aliphatic heterocycles. The van der Waals surface area contributed by atoms with Gasteiger partial charge in [-0.05, 0) is 13.3 Å². The molecule has 1 aromatic heterocycles. The lowest BCUT2D eigenvalue weighted by atomic mass is 10.1. The van der Waals surface area contributed by atoms with Crippen LogP contribution in [0, 0.1) is 6.92 Å². The maximum atomic E-state index is 9.80. The number of nitrogens with zero attached hydrogens (tertiary/aromatic N) is 1. The van der Waals surface area contributed by atoms with E-state index in [1.807, 2.05) is 12.3 Å². The summed E-state index contributed by atoms with van der Waals surface area (Å²) < 4.78 is 5.51. The second kappa shape index (κ2) is 12.1. The highest BCUT2D eigenvalue weighted by atomic mass is 32.1. The summed E-state index contributed by atoms with van der Waals surface area (Å²) in [7, 11) is 0. The van der Waals surface area contributed by atoms with Crippen molar-refractivity contribution < 1.29 is 9.84 Å². The average molecular weight is 314 g/mol. The first-order valence-electron chi connectivity index (χ1n) is 8.10. The number of rotatable bonds is 13. The highest BCUT2D eigenvalue weighted by Crippen LogP contribution is 2.07. The summed E-state index contributed by atoms with van der Waals surface area (Å²) in [5, 5.41) is 16.1. The van der Waals surface area contributed by atoms with Crippen LogP contribution in [-0.2, 0) is 11.3 Å². The maximum Gasteiger partial charge on any atom is 0.0897 e. The van der Waals surface area contributed by atoms with Crippen molar-refractivity contribution in [3.05, 3.63) is 16.1 Å². The first-order chi connectivity index (χ1) is 10.2. The molecule has 0 aliphatic rings. The predicted molar refractivity (Wildman–Crippen MR) is 88.8 cm³/mol. The van der Waals surface area contributed by atoms with Crippen molar-refractivity contribution in [1.82, 2.24) is 10.3 Å². The van der Waals surface area contributed by atoms with Gasteiger partial charge in [0.2, 0.25) is 0 Å². The molecule has 2 N–H and O–H groups in total. The zero-order chi connectivity index (χ0) is 15.3. The fourth-order valence-corrected chi connectivity index (χ4v) is 2.73. The molecule has 1 unspecified atom stereocenters. The van der Waals surface area contributed by atoms with E-state index in [1.165, 1.54) is 32.1 Å². The van der Waals surface area contributed by atoms with Crippen LogP contribution < -0.4 is 5.32 Å². The van der Waals surface area contributed by atoms with E-state index in [-0.39, 0.29) is 0 Å². The Balaban J connectivity index is 1.88. The van der Waals surface area contributed by atoms with Crippen LogP contribution >= 0.6 is 11.3 Å². The molecule has 1 rings (SSSR count). The van der Waals surface area contributed by atoms with Gasteiger partial charge < -0.3 is 15.2 Å². The van der Waals surface area contributed by atoms with Crippen LogP contribution in [0.25, 0.3) is 0 Å². The lowest BCUT2D eigenvalue weighted by Gasteiger charge is -2.11. The SMILES string of the molecule is CCCCCCCCOCC(O)CNCc1csc(C)n1. The van der Waals surface area contributed by atoms with Crippen LogP contribution in [0.3, 0.4) is 0 Å². The molecule has 0 fully saturated rings. The Labute approximate surface area is 132 Å². The van der Waals surface area contributed by atoms with Gasteiger partial charge in [0.25, 0.3) is 0 Å². The normalized spacial score (nSPS) is 12.7. The van der Waals surface area contributed by atoms with Crippen molar-refractivity contribution in [3.8, 4) is 0 Å². The minimum Gasteiger partial charge on any atom is -0.389 e. The van der Waals surface area contributed by atoms with Crippen molar-refractivity contribution in [2.24, 2.45) is 0 Å². The van der Waals surface area contributed by atoms with Gasteiger partial charge in [-0.1, -0.05) is 39.0 Å². The highest BCUT2D eigenvalue weighted by Gasteiger charge is 2.04. The lowest BCUT2D eigenvalue weighted by Crippen LogP contribution is -2.30. The molecule has 0 spiro atoms. The number of unbranched alkanes of at least 4 members (excludes halogenated alkanes) is 5. The number of thiazole rings is 1. The molecule has 0 bridgehead atoms. The first-order valence-corrected chi connectivity index (χ1v) is 8.98. The molecule has 0 saturated carbocycles. The summed E-state index contributed by atoms with van der Waals surface area (Å²) in [6.07, 6.45) is 7.15. The summed E-state index contributed by atoms with van der Waals surface area (Å²) in [4.78, 5) is 4.37. The number of aryl methyl sites for hydroxylation is 1. The van der Waals surface area contributed by atoms with Crippen LogP contribution in [0.5, 0.6) is 0 Å². The number of nitrogens with one attached hydrogen (secondary N) is 1. The van der Waals surface area contributed by atoms with E-state index in [2.05, 4.69) is 17.2 Å². The van der Waals surface area contributed by atoms with E-state index in [4.69, 9.17) is 4.74 Å². The van der Waals surface area contributed by atoms with E-state index in [0.29, 0.717) is 19.7 Å². The van der Waals surface area contributed by atoms with E-state index >= 15 is 0 Å². The fourth-order valence-electron chi connectivity index (χ4n) is 2.12.